The fourth-order valence-electron chi connectivity index (χ4n) is 10.3. The van der Waals surface area contributed by atoms with Crippen molar-refractivity contribution in [3.8, 4) is 0 Å². The molecule has 7 unspecified atom stereocenters. The molecule has 0 aromatic carbocycles. The molecule has 84 heavy (non-hydrogen) atoms. The number of carbonyl (C=O) groups excluding carboxylic acids is 1. The topological polar surface area (TPSA) is 149 Å². The first-order chi connectivity index (χ1) is 41.3. The lowest BCUT2D eigenvalue weighted by molar-refractivity contribution is -0.302. The summed E-state index contributed by atoms with van der Waals surface area (Å²) in [6.07, 6.45) is 87.2. The van der Waals surface area contributed by atoms with Crippen molar-refractivity contribution in [2.24, 2.45) is 0 Å². The number of allylic oxidation sites excluding steroid dienone is 19. The van der Waals surface area contributed by atoms with Crippen LogP contribution in [0.1, 0.15) is 290 Å². The number of unbranched alkanes of at least 4 members (excludes halogenated alkanes) is 31. The summed E-state index contributed by atoms with van der Waals surface area (Å²) in [7, 11) is 0. The molecule has 0 saturated carbocycles. The standard InChI is InChI=1S/C75H129NO8/c1-3-5-7-9-11-13-15-17-19-21-23-25-27-29-31-33-34-35-36-37-39-41-43-45-47-49-51-53-55-57-59-61-63-65-71(79)76-68(67-83-75-74(82)73(81)72(80)70(66-77)84-75)69(78)64-62-60-58-56-54-52-50-48-46-44-42-40-38-32-30-28-26-24-22-20-18-16-14-12-10-8-6-4-2/h5,7,11,13,17,19,23,25,29,31,34-35,37,39,46,48,54,56,62,64,68-70,72-75,77-78,80-82H,3-4,6,8-10,12,14-16,18,20-22,24,26-28,30,32-33,36,38,40-45,47,49-53,55,57-61,63,65-67H2,1-2H3,(H,76,79)/b7-5-,13-11-,19-17-,25-23-,31-29-,35-34-,39-37-,48-46+,56-54+,64-62+. The highest BCUT2D eigenvalue weighted by molar-refractivity contribution is 5.76. The van der Waals surface area contributed by atoms with Crippen LogP contribution in [0.2, 0.25) is 0 Å². The van der Waals surface area contributed by atoms with E-state index in [1.807, 2.05) is 6.08 Å². The molecule has 1 amide bonds. The molecule has 7 atom stereocenters. The third-order valence-electron chi connectivity index (χ3n) is 15.7. The highest BCUT2D eigenvalue weighted by Crippen LogP contribution is 2.23. The van der Waals surface area contributed by atoms with E-state index in [4.69, 9.17) is 9.47 Å². The largest absolute Gasteiger partial charge is 0.394 e. The molecule has 482 valence electrons. The zero-order chi connectivity index (χ0) is 60.7. The third kappa shape index (κ3) is 50.7. The molecule has 1 heterocycles. The van der Waals surface area contributed by atoms with Gasteiger partial charge in [-0.1, -0.05) is 302 Å². The predicted molar refractivity (Wildman–Crippen MR) is 359 cm³/mol. The maximum Gasteiger partial charge on any atom is 0.220 e. The van der Waals surface area contributed by atoms with Crippen LogP contribution in [0.3, 0.4) is 0 Å². The minimum absolute atomic E-state index is 0.197. The van der Waals surface area contributed by atoms with Crippen molar-refractivity contribution in [3.05, 3.63) is 122 Å². The summed E-state index contributed by atoms with van der Waals surface area (Å²) in [6.45, 7) is 3.66. The molecule has 1 rings (SSSR count). The minimum atomic E-state index is -1.58. The summed E-state index contributed by atoms with van der Waals surface area (Å²) >= 11 is 0. The summed E-state index contributed by atoms with van der Waals surface area (Å²) in [4.78, 5) is 13.1. The van der Waals surface area contributed by atoms with Crippen LogP contribution in [0.4, 0.5) is 0 Å². The lowest BCUT2D eigenvalue weighted by Gasteiger charge is -2.40. The monoisotopic (exact) mass is 1170 g/mol. The molecule has 0 aromatic heterocycles. The third-order valence-corrected chi connectivity index (χ3v) is 15.7. The van der Waals surface area contributed by atoms with Gasteiger partial charge in [-0.05, 0) is 103 Å². The Morgan fingerprint density at radius 3 is 1.14 bits per heavy atom. The molecule has 0 aromatic rings. The van der Waals surface area contributed by atoms with Crippen molar-refractivity contribution in [2.45, 2.75) is 333 Å². The molecule has 0 aliphatic carbocycles. The van der Waals surface area contributed by atoms with Crippen molar-refractivity contribution < 1.29 is 39.8 Å². The fraction of sp³-hybridized carbons (Fsp3) is 0.720. The van der Waals surface area contributed by atoms with E-state index in [9.17, 15) is 30.3 Å². The van der Waals surface area contributed by atoms with E-state index in [1.54, 1.807) is 6.08 Å². The second kappa shape index (κ2) is 62.6. The van der Waals surface area contributed by atoms with Crippen LogP contribution in [-0.2, 0) is 14.3 Å². The average molecular weight is 1170 g/mol. The summed E-state index contributed by atoms with van der Waals surface area (Å²) in [5, 5.41) is 54.7. The predicted octanol–water partition coefficient (Wildman–Crippen LogP) is 19.0. The Labute approximate surface area is 516 Å². The fourth-order valence-corrected chi connectivity index (χ4v) is 10.3. The van der Waals surface area contributed by atoms with Crippen molar-refractivity contribution in [1.29, 1.82) is 0 Å². The number of nitrogens with one attached hydrogen (secondary N) is 1. The van der Waals surface area contributed by atoms with Gasteiger partial charge in [0, 0.05) is 6.42 Å². The van der Waals surface area contributed by atoms with Crippen LogP contribution in [0.15, 0.2) is 122 Å². The number of hydrogen-bond donors (Lipinski definition) is 6. The summed E-state index contributed by atoms with van der Waals surface area (Å²) in [5.41, 5.74) is 0. The van der Waals surface area contributed by atoms with E-state index in [1.165, 1.54) is 167 Å². The first-order valence-corrected chi connectivity index (χ1v) is 34.8. The van der Waals surface area contributed by atoms with Crippen LogP contribution in [0.5, 0.6) is 0 Å². The van der Waals surface area contributed by atoms with Gasteiger partial charge in [0.15, 0.2) is 6.29 Å². The molecule has 1 fully saturated rings. The Hall–Kier alpha value is -3.41. The summed E-state index contributed by atoms with van der Waals surface area (Å²) in [6, 6.07) is -0.840. The molecule has 9 heteroatoms. The van der Waals surface area contributed by atoms with E-state index in [-0.39, 0.29) is 12.5 Å². The van der Waals surface area contributed by atoms with Crippen molar-refractivity contribution >= 4 is 5.91 Å². The first kappa shape index (κ1) is 78.6. The number of amides is 1. The molecule has 1 aliphatic heterocycles. The highest BCUT2D eigenvalue weighted by atomic mass is 16.7. The highest BCUT2D eigenvalue weighted by Gasteiger charge is 2.44. The quantitative estimate of drug-likeness (QED) is 0.0261. The van der Waals surface area contributed by atoms with Gasteiger partial charge < -0.3 is 40.3 Å². The Morgan fingerprint density at radius 2 is 0.750 bits per heavy atom. The number of aliphatic hydroxyl groups is 5. The minimum Gasteiger partial charge on any atom is -0.394 e. The van der Waals surface area contributed by atoms with Crippen LogP contribution in [0.25, 0.3) is 0 Å². The molecule has 9 nitrogen and oxygen atoms in total. The second-order valence-corrected chi connectivity index (χ2v) is 23.6. The van der Waals surface area contributed by atoms with Gasteiger partial charge in [-0.25, -0.2) is 0 Å². The molecule has 0 spiro atoms. The van der Waals surface area contributed by atoms with Crippen LogP contribution in [-0.4, -0.2) is 87.5 Å². The normalized spacial score (nSPS) is 19.0. The second-order valence-electron chi connectivity index (χ2n) is 23.6. The van der Waals surface area contributed by atoms with E-state index in [2.05, 4.69) is 129 Å². The Balaban J connectivity index is 2.19. The van der Waals surface area contributed by atoms with Gasteiger partial charge in [0.05, 0.1) is 25.4 Å². The first-order valence-electron chi connectivity index (χ1n) is 34.8. The van der Waals surface area contributed by atoms with E-state index < -0.39 is 49.5 Å². The van der Waals surface area contributed by atoms with Crippen molar-refractivity contribution in [3.63, 3.8) is 0 Å². The SMILES string of the molecule is CC/C=C\C/C=C\C/C=C\C/C=C\C/C=C\C/C=C\C/C=C\CCCCCCCCCCCCCC(=O)NC(COC1OC(CO)C(O)C(O)C1O)C(O)/C=C/CC/C=C/CC/C=C/CCCCCCCCCCCCCCCCCCCC. The number of rotatable bonds is 59. The Bertz CT molecular complexity index is 1740. The van der Waals surface area contributed by atoms with Gasteiger partial charge in [0.2, 0.25) is 5.91 Å². The van der Waals surface area contributed by atoms with E-state index in [0.717, 1.165) is 103 Å². The van der Waals surface area contributed by atoms with Crippen molar-refractivity contribution in [1.82, 2.24) is 5.32 Å². The zero-order valence-corrected chi connectivity index (χ0v) is 53.9. The van der Waals surface area contributed by atoms with Crippen LogP contribution < -0.4 is 5.32 Å². The molecule has 1 saturated heterocycles. The Morgan fingerprint density at radius 1 is 0.417 bits per heavy atom. The molecule has 6 N–H and O–H groups in total. The van der Waals surface area contributed by atoms with E-state index in [0.29, 0.717) is 6.42 Å². The molecule has 0 radical (unpaired) electrons. The Kier molecular flexibility index (Phi) is 58.6. The lowest BCUT2D eigenvalue weighted by atomic mass is 9.99. The number of carbonyl (C=O) groups is 1. The maximum atomic E-state index is 13.1. The van der Waals surface area contributed by atoms with Gasteiger partial charge in [-0.2, -0.15) is 0 Å². The maximum absolute atomic E-state index is 13.1. The van der Waals surface area contributed by atoms with E-state index >= 15 is 0 Å². The van der Waals surface area contributed by atoms with Crippen LogP contribution >= 0.6 is 0 Å². The van der Waals surface area contributed by atoms with Crippen molar-refractivity contribution in [2.75, 3.05) is 13.2 Å². The molecular weight excluding hydrogens is 1040 g/mol. The summed E-state index contributed by atoms with van der Waals surface area (Å²) < 4.78 is 11.3. The zero-order valence-electron chi connectivity index (χ0n) is 53.9. The lowest BCUT2D eigenvalue weighted by Crippen LogP contribution is -2.60. The summed E-state index contributed by atoms with van der Waals surface area (Å²) in [5.74, 6) is -0.197. The molecule has 1 aliphatic rings. The van der Waals surface area contributed by atoms with Gasteiger partial charge in [0.1, 0.15) is 24.4 Å². The van der Waals surface area contributed by atoms with Gasteiger partial charge in [-0.3, -0.25) is 4.79 Å². The van der Waals surface area contributed by atoms with Crippen LogP contribution in [0, 0.1) is 0 Å². The van der Waals surface area contributed by atoms with Gasteiger partial charge in [-0.15, -0.1) is 0 Å². The smallest absolute Gasteiger partial charge is 0.220 e. The molecular formula is C75H129NO8. The van der Waals surface area contributed by atoms with Gasteiger partial charge >= 0.3 is 0 Å². The average Bonchev–Trinajstić information content (AvgIpc) is 3.70. The number of hydrogen-bond acceptors (Lipinski definition) is 8. The molecule has 0 bridgehead atoms. The van der Waals surface area contributed by atoms with Gasteiger partial charge in [0.25, 0.3) is 0 Å². The number of ether oxygens (including phenoxy) is 2. The number of aliphatic hydroxyl groups excluding tert-OH is 5.